The lowest BCUT2D eigenvalue weighted by atomic mass is 9.63. The molecule has 4 heteroatoms. The average molecular weight is 295 g/mol. The quantitative estimate of drug-likeness (QED) is 0.621. The van der Waals surface area contributed by atoms with Crippen molar-refractivity contribution in [3.05, 3.63) is 36.4 Å². The van der Waals surface area contributed by atoms with Gasteiger partial charge in [-0.05, 0) is 54.4 Å². The minimum absolute atomic E-state index is 0.00938. The van der Waals surface area contributed by atoms with Gasteiger partial charge in [0.2, 0.25) is 11.8 Å². The maximum atomic E-state index is 12.9. The van der Waals surface area contributed by atoms with E-state index in [0.717, 1.165) is 5.75 Å². The third kappa shape index (κ3) is 1.38. The average Bonchev–Trinajstić information content (AvgIpc) is 3.32. The summed E-state index contributed by atoms with van der Waals surface area (Å²) >= 11 is 0. The SMILES string of the molecule is COc1ccc(N2C(=O)[C@H]3[C@@H]4C=C[C@H]([C@@H]5C[C@H]45)[C@@H]3C2=O)cc1. The van der Waals surface area contributed by atoms with Gasteiger partial charge in [0.15, 0.2) is 0 Å². The standard InChI is InChI=1S/C18H17NO3/c1-22-10-4-2-9(3-5-10)19-17(20)15-11-6-7-12(14-8-13(11)14)16(15)18(19)21/h2-7,11-16H,8H2,1H3/t11-,12-,13-,14+,15+,16+/m1/s1. The fourth-order valence-electron chi connectivity index (χ4n) is 4.94. The molecule has 4 aliphatic carbocycles. The second kappa shape index (κ2) is 4.00. The summed E-state index contributed by atoms with van der Waals surface area (Å²) < 4.78 is 5.15. The summed E-state index contributed by atoms with van der Waals surface area (Å²) in [6.45, 7) is 0. The Kier molecular flexibility index (Phi) is 2.26. The van der Waals surface area contributed by atoms with Crippen LogP contribution in [0.3, 0.4) is 0 Å². The van der Waals surface area contributed by atoms with Gasteiger partial charge in [0.1, 0.15) is 5.75 Å². The summed E-state index contributed by atoms with van der Waals surface area (Å²) in [6.07, 6.45) is 5.59. The number of hydrogen-bond acceptors (Lipinski definition) is 3. The van der Waals surface area contributed by atoms with Crippen molar-refractivity contribution in [2.24, 2.45) is 35.5 Å². The van der Waals surface area contributed by atoms with Crippen LogP contribution in [0.2, 0.25) is 0 Å². The third-order valence-electron chi connectivity index (χ3n) is 5.99. The van der Waals surface area contributed by atoms with Crippen molar-refractivity contribution in [1.29, 1.82) is 0 Å². The van der Waals surface area contributed by atoms with Crippen molar-refractivity contribution in [3.63, 3.8) is 0 Å². The van der Waals surface area contributed by atoms with E-state index in [4.69, 9.17) is 4.74 Å². The van der Waals surface area contributed by atoms with Crippen LogP contribution < -0.4 is 9.64 Å². The predicted molar refractivity (Wildman–Crippen MR) is 80.2 cm³/mol. The second-order valence-corrected chi connectivity index (χ2v) is 6.86. The topological polar surface area (TPSA) is 46.6 Å². The molecule has 0 spiro atoms. The number of carbonyl (C=O) groups excluding carboxylic acids is 2. The van der Waals surface area contributed by atoms with Crippen molar-refractivity contribution in [2.45, 2.75) is 6.42 Å². The monoisotopic (exact) mass is 295 g/mol. The molecule has 1 heterocycles. The maximum Gasteiger partial charge on any atom is 0.238 e. The Hall–Kier alpha value is -2.10. The molecular formula is C18H17NO3. The van der Waals surface area contributed by atoms with Gasteiger partial charge in [-0.25, -0.2) is 0 Å². The van der Waals surface area contributed by atoms with E-state index in [-0.39, 0.29) is 35.5 Å². The zero-order valence-electron chi connectivity index (χ0n) is 12.3. The second-order valence-electron chi connectivity index (χ2n) is 6.86. The summed E-state index contributed by atoms with van der Waals surface area (Å²) in [4.78, 5) is 27.2. The maximum absolute atomic E-state index is 12.9. The van der Waals surface area contributed by atoms with Crippen LogP contribution in [0.5, 0.6) is 5.75 Å². The molecule has 1 aromatic rings. The lowest BCUT2D eigenvalue weighted by Crippen LogP contribution is -2.40. The molecule has 3 fully saturated rings. The van der Waals surface area contributed by atoms with Gasteiger partial charge >= 0.3 is 0 Å². The first-order valence-corrected chi connectivity index (χ1v) is 7.91. The Morgan fingerprint density at radius 1 is 0.955 bits per heavy atom. The number of hydrogen-bond donors (Lipinski definition) is 0. The number of allylic oxidation sites excluding steroid dienone is 2. The van der Waals surface area contributed by atoms with Crippen LogP contribution in [0.4, 0.5) is 5.69 Å². The van der Waals surface area contributed by atoms with E-state index in [9.17, 15) is 9.59 Å². The fraction of sp³-hybridized carbons (Fsp3) is 0.444. The number of anilines is 1. The number of benzene rings is 1. The van der Waals surface area contributed by atoms with Crippen LogP contribution in [0.25, 0.3) is 0 Å². The van der Waals surface area contributed by atoms with Crippen molar-refractivity contribution in [2.75, 3.05) is 12.0 Å². The van der Waals surface area contributed by atoms with Crippen molar-refractivity contribution in [1.82, 2.24) is 0 Å². The summed E-state index contributed by atoms with van der Waals surface area (Å²) in [7, 11) is 1.60. The smallest absolute Gasteiger partial charge is 0.238 e. The highest BCUT2D eigenvalue weighted by atomic mass is 16.5. The molecule has 2 amide bonds. The van der Waals surface area contributed by atoms with Gasteiger partial charge < -0.3 is 4.74 Å². The first-order chi connectivity index (χ1) is 10.7. The first-order valence-electron chi connectivity index (χ1n) is 7.91. The minimum Gasteiger partial charge on any atom is -0.497 e. The lowest BCUT2D eigenvalue weighted by Gasteiger charge is -2.37. The molecule has 6 atom stereocenters. The number of nitrogens with zero attached hydrogens (tertiary/aromatic N) is 1. The molecular weight excluding hydrogens is 278 g/mol. The lowest BCUT2D eigenvalue weighted by molar-refractivity contribution is -0.124. The van der Waals surface area contributed by atoms with Crippen LogP contribution in [0, 0.1) is 35.5 Å². The van der Waals surface area contributed by atoms with Crippen molar-refractivity contribution in [3.8, 4) is 5.75 Å². The van der Waals surface area contributed by atoms with Gasteiger partial charge in [-0.15, -0.1) is 0 Å². The van der Waals surface area contributed by atoms with E-state index in [1.807, 2.05) is 0 Å². The molecule has 4 nitrogen and oxygen atoms in total. The van der Waals surface area contributed by atoms with Crippen LogP contribution in [-0.2, 0) is 9.59 Å². The van der Waals surface area contributed by atoms with Gasteiger partial charge in [-0.1, -0.05) is 12.2 Å². The molecule has 5 aliphatic rings. The van der Waals surface area contributed by atoms with Gasteiger partial charge in [-0.3, -0.25) is 14.5 Å². The van der Waals surface area contributed by atoms with E-state index in [1.54, 1.807) is 31.4 Å². The number of methoxy groups -OCH3 is 1. The van der Waals surface area contributed by atoms with Gasteiger partial charge in [0.25, 0.3) is 0 Å². The Labute approximate surface area is 128 Å². The largest absolute Gasteiger partial charge is 0.497 e. The van der Waals surface area contributed by atoms with E-state index in [1.165, 1.54) is 11.3 Å². The molecule has 0 unspecified atom stereocenters. The molecule has 22 heavy (non-hydrogen) atoms. The van der Waals surface area contributed by atoms with Crippen LogP contribution in [0.15, 0.2) is 36.4 Å². The highest BCUT2D eigenvalue weighted by molar-refractivity contribution is 6.22. The van der Waals surface area contributed by atoms with Crippen molar-refractivity contribution >= 4 is 17.5 Å². The Morgan fingerprint density at radius 3 is 2.00 bits per heavy atom. The Bertz CT molecular complexity index is 672. The van der Waals surface area contributed by atoms with Crippen LogP contribution >= 0.6 is 0 Å². The van der Waals surface area contributed by atoms with Crippen LogP contribution in [-0.4, -0.2) is 18.9 Å². The summed E-state index contributed by atoms with van der Waals surface area (Å²) in [5.41, 5.74) is 0.665. The third-order valence-corrected chi connectivity index (χ3v) is 5.99. The van der Waals surface area contributed by atoms with Gasteiger partial charge in [-0.2, -0.15) is 0 Å². The molecule has 1 saturated heterocycles. The molecule has 0 aromatic heterocycles. The molecule has 0 N–H and O–H groups in total. The molecule has 112 valence electrons. The number of imide groups is 1. The summed E-state index contributed by atoms with van der Waals surface area (Å²) in [5.74, 6) is 2.28. The molecule has 1 aromatic carbocycles. The Balaban J connectivity index is 1.54. The highest BCUT2D eigenvalue weighted by Crippen LogP contribution is 2.65. The van der Waals surface area contributed by atoms with E-state index >= 15 is 0 Å². The van der Waals surface area contributed by atoms with Gasteiger partial charge in [0, 0.05) is 0 Å². The molecule has 2 saturated carbocycles. The number of rotatable bonds is 2. The predicted octanol–water partition coefficient (Wildman–Crippen LogP) is 2.25. The zero-order valence-corrected chi connectivity index (χ0v) is 12.3. The number of amides is 2. The Morgan fingerprint density at radius 2 is 1.50 bits per heavy atom. The molecule has 6 rings (SSSR count). The van der Waals surface area contributed by atoms with Crippen LogP contribution in [0.1, 0.15) is 6.42 Å². The van der Waals surface area contributed by atoms with Gasteiger partial charge in [0.05, 0.1) is 24.6 Å². The number of carbonyl (C=O) groups is 2. The van der Waals surface area contributed by atoms with E-state index in [0.29, 0.717) is 17.5 Å². The van der Waals surface area contributed by atoms with E-state index in [2.05, 4.69) is 12.2 Å². The zero-order chi connectivity index (χ0) is 15.0. The van der Waals surface area contributed by atoms with Crippen molar-refractivity contribution < 1.29 is 14.3 Å². The molecule has 1 aliphatic heterocycles. The molecule has 2 bridgehead atoms. The minimum atomic E-state index is -0.131. The summed E-state index contributed by atoms with van der Waals surface area (Å²) in [5, 5.41) is 0. The summed E-state index contributed by atoms with van der Waals surface area (Å²) in [6, 6.07) is 7.18. The first kappa shape index (κ1) is 12.4. The fourth-order valence-corrected chi connectivity index (χ4v) is 4.94. The highest BCUT2D eigenvalue weighted by Gasteiger charge is 2.67. The normalized spacial score (nSPS) is 40.7. The molecule has 0 radical (unpaired) electrons. The number of ether oxygens (including phenoxy) is 1. The van der Waals surface area contributed by atoms with E-state index < -0.39 is 0 Å².